The van der Waals surface area contributed by atoms with Crippen LogP contribution in [0, 0.1) is 0 Å². The molecule has 0 aliphatic heterocycles. The van der Waals surface area contributed by atoms with E-state index in [9.17, 15) is 0 Å². The van der Waals surface area contributed by atoms with Gasteiger partial charge in [-0.1, -0.05) is 25.1 Å². The molecule has 0 fully saturated rings. The smallest absolute Gasteiger partial charge is 0.0729 e. The molecule has 3 aromatic rings. The molecule has 2 N–H and O–H groups in total. The van der Waals surface area contributed by atoms with Crippen molar-refractivity contribution in [2.75, 3.05) is 0 Å². The molecule has 4 heteroatoms. The van der Waals surface area contributed by atoms with Gasteiger partial charge in [0, 0.05) is 24.8 Å². The highest BCUT2D eigenvalue weighted by molar-refractivity contribution is 5.85. The van der Waals surface area contributed by atoms with E-state index in [4.69, 9.17) is 5.73 Å². The van der Waals surface area contributed by atoms with Crippen LogP contribution in [-0.4, -0.2) is 14.8 Å². The normalized spacial score (nSPS) is 12.8. The van der Waals surface area contributed by atoms with Gasteiger partial charge in [0.05, 0.1) is 17.4 Å². The predicted octanol–water partition coefficient (Wildman–Crippen LogP) is 2.58. The molecule has 0 amide bonds. The van der Waals surface area contributed by atoms with Crippen LogP contribution in [0.15, 0.2) is 42.7 Å². The first-order valence-electron chi connectivity index (χ1n) is 6.81. The maximum absolute atomic E-state index is 6.47. The molecular weight excluding hydrogens is 248 g/mol. The Morgan fingerprint density at radius 2 is 2.15 bits per heavy atom. The minimum Gasteiger partial charge on any atom is -0.319 e. The summed E-state index contributed by atoms with van der Waals surface area (Å²) in [5.74, 6) is 0. The monoisotopic (exact) mass is 266 g/mol. The Morgan fingerprint density at radius 1 is 1.30 bits per heavy atom. The van der Waals surface area contributed by atoms with E-state index in [-0.39, 0.29) is 6.04 Å². The van der Waals surface area contributed by atoms with Gasteiger partial charge in [0.15, 0.2) is 0 Å². The van der Waals surface area contributed by atoms with Crippen molar-refractivity contribution in [2.45, 2.75) is 19.4 Å². The Bertz CT molecular complexity index is 740. The van der Waals surface area contributed by atoms with Crippen molar-refractivity contribution in [2.24, 2.45) is 12.8 Å². The second kappa shape index (κ2) is 5.06. The molecule has 0 aliphatic carbocycles. The van der Waals surface area contributed by atoms with Gasteiger partial charge in [-0.05, 0) is 29.5 Å². The average Bonchev–Trinajstić information content (AvgIpc) is 2.87. The molecule has 0 aliphatic rings. The lowest BCUT2D eigenvalue weighted by Crippen LogP contribution is -2.16. The maximum atomic E-state index is 6.47. The number of aromatic nitrogens is 3. The zero-order chi connectivity index (χ0) is 14.1. The Balaban J connectivity index is 2.12. The molecule has 0 bridgehead atoms. The molecule has 2 aromatic heterocycles. The van der Waals surface area contributed by atoms with Crippen molar-refractivity contribution in [3.05, 3.63) is 59.7 Å². The van der Waals surface area contributed by atoms with E-state index >= 15 is 0 Å². The number of benzene rings is 1. The van der Waals surface area contributed by atoms with Gasteiger partial charge in [0.25, 0.3) is 0 Å². The number of fused-ring (bicyclic) bond motifs is 1. The first kappa shape index (κ1) is 12.8. The van der Waals surface area contributed by atoms with E-state index < -0.39 is 0 Å². The largest absolute Gasteiger partial charge is 0.319 e. The molecule has 1 atom stereocenters. The van der Waals surface area contributed by atoms with E-state index in [0.717, 1.165) is 34.1 Å². The SMILES string of the molecule is CCc1cc(C(N)c2cccc3cnccc23)n(C)n1. The molecule has 20 heavy (non-hydrogen) atoms. The van der Waals surface area contributed by atoms with Crippen LogP contribution >= 0.6 is 0 Å². The summed E-state index contributed by atoms with van der Waals surface area (Å²) in [6.07, 6.45) is 4.59. The van der Waals surface area contributed by atoms with Crippen LogP contribution in [-0.2, 0) is 13.5 Å². The topological polar surface area (TPSA) is 56.7 Å². The van der Waals surface area contributed by atoms with Gasteiger partial charge in [0.2, 0.25) is 0 Å². The third-order valence-corrected chi connectivity index (χ3v) is 3.70. The number of nitrogens with zero attached hydrogens (tertiary/aromatic N) is 3. The number of rotatable bonds is 3. The second-order valence-electron chi connectivity index (χ2n) is 4.96. The molecule has 0 saturated carbocycles. The third kappa shape index (κ3) is 2.08. The number of hydrogen-bond donors (Lipinski definition) is 1. The quantitative estimate of drug-likeness (QED) is 0.792. The van der Waals surface area contributed by atoms with Crippen LogP contribution in [0.2, 0.25) is 0 Å². The van der Waals surface area contributed by atoms with Crippen molar-refractivity contribution >= 4 is 10.8 Å². The van der Waals surface area contributed by atoms with Crippen LogP contribution in [0.25, 0.3) is 10.8 Å². The summed E-state index contributed by atoms with van der Waals surface area (Å²) in [6.45, 7) is 2.10. The zero-order valence-corrected chi connectivity index (χ0v) is 11.7. The van der Waals surface area contributed by atoms with Crippen molar-refractivity contribution in [1.82, 2.24) is 14.8 Å². The molecule has 1 unspecified atom stereocenters. The summed E-state index contributed by atoms with van der Waals surface area (Å²) in [4.78, 5) is 4.16. The van der Waals surface area contributed by atoms with Crippen LogP contribution in [0.4, 0.5) is 0 Å². The molecule has 0 saturated heterocycles. The lowest BCUT2D eigenvalue weighted by Gasteiger charge is -2.14. The van der Waals surface area contributed by atoms with Crippen LogP contribution in [0.1, 0.15) is 29.9 Å². The minimum absolute atomic E-state index is 0.182. The Labute approximate surface area is 118 Å². The molecule has 4 nitrogen and oxygen atoms in total. The fourth-order valence-electron chi connectivity index (χ4n) is 2.59. The van der Waals surface area contributed by atoms with E-state index in [1.165, 1.54) is 0 Å². The lowest BCUT2D eigenvalue weighted by molar-refractivity contribution is 0.668. The first-order chi connectivity index (χ1) is 9.70. The van der Waals surface area contributed by atoms with Crippen molar-refractivity contribution in [1.29, 1.82) is 0 Å². The van der Waals surface area contributed by atoms with Gasteiger partial charge < -0.3 is 5.73 Å². The summed E-state index contributed by atoms with van der Waals surface area (Å²) in [6, 6.07) is 10.1. The summed E-state index contributed by atoms with van der Waals surface area (Å²) in [7, 11) is 1.95. The van der Waals surface area contributed by atoms with Gasteiger partial charge in [-0.25, -0.2) is 0 Å². The number of pyridine rings is 1. The fourth-order valence-corrected chi connectivity index (χ4v) is 2.59. The van der Waals surface area contributed by atoms with Crippen LogP contribution in [0.5, 0.6) is 0 Å². The van der Waals surface area contributed by atoms with Crippen molar-refractivity contribution in [3.8, 4) is 0 Å². The Morgan fingerprint density at radius 3 is 2.90 bits per heavy atom. The zero-order valence-electron chi connectivity index (χ0n) is 11.7. The number of hydrogen-bond acceptors (Lipinski definition) is 3. The summed E-state index contributed by atoms with van der Waals surface area (Å²) >= 11 is 0. The minimum atomic E-state index is -0.182. The van der Waals surface area contributed by atoms with Crippen LogP contribution < -0.4 is 5.73 Å². The molecular formula is C16H18N4. The molecule has 0 spiro atoms. The standard InChI is InChI=1S/C16H18N4/c1-3-12-9-15(20(2)19-12)16(17)14-6-4-5-11-10-18-8-7-13(11)14/h4-10,16H,3,17H2,1-2H3. The van der Waals surface area contributed by atoms with E-state index in [0.29, 0.717) is 0 Å². The molecule has 0 radical (unpaired) electrons. The summed E-state index contributed by atoms with van der Waals surface area (Å²) < 4.78 is 1.88. The van der Waals surface area contributed by atoms with Crippen molar-refractivity contribution in [3.63, 3.8) is 0 Å². The lowest BCUT2D eigenvalue weighted by atomic mass is 9.98. The number of nitrogens with two attached hydrogens (primary N) is 1. The average molecular weight is 266 g/mol. The predicted molar refractivity (Wildman–Crippen MR) is 80.4 cm³/mol. The van der Waals surface area contributed by atoms with E-state index in [1.807, 2.05) is 30.1 Å². The number of aryl methyl sites for hydroxylation is 2. The van der Waals surface area contributed by atoms with Gasteiger partial charge in [0.1, 0.15) is 0 Å². The van der Waals surface area contributed by atoms with Gasteiger partial charge >= 0.3 is 0 Å². The van der Waals surface area contributed by atoms with Gasteiger partial charge in [-0.2, -0.15) is 5.10 Å². The van der Waals surface area contributed by atoms with Gasteiger partial charge in [-0.15, -0.1) is 0 Å². The molecule has 1 aromatic carbocycles. The van der Waals surface area contributed by atoms with Crippen LogP contribution in [0.3, 0.4) is 0 Å². The summed E-state index contributed by atoms with van der Waals surface area (Å²) in [5.41, 5.74) is 9.68. The van der Waals surface area contributed by atoms with Crippen molar-refractivity contribution < 1.29 is 0 Å². The van der Waals surface area contributed by atoms with Gasteiger partial charge in [-0.3, -0.25) is 9.67 Å². The highest BCUT2D eigenvalue weighted by atomic mass is 15.3. The maximum Gasteiger partial charge on any atom is 0.0729 e. The highest BCUT2D eigenvalue weighted by Gasteiger charge is 2.16. The molecule has 2 heterocycles. The Hall–Kier alpha value is -2.20. The first-order valence-corrected chi connectivity index (χ1v) is 6.81. The van der Waals surface area contributed by atoms with E-state index in [2.05, 4.69) is 35.2 Å². The second-order valence-corrected chi connectivity index (χ2v) is 4.96. The highest BCUT2D eigenvalue weighted by Crippen LogP contribution is 2.27. The fraction of sp³-hybridized carbons (Fsp3) is 0.250. The molecule has 3 rings (SSSR count). The Kier molecular flexibility index (Phi) is 3.24. The third-order valence-electron chi connectivity index (χ3n) is 3.70. The summed E-state index contributed by atoms with van der Waals surface area (Å²) in [5, 5.41) is 6.74. The molecule has 102 valence electrons. The van der Waals surface area contributed by atoms with E-state index in [1.54, 1.807) is 6.20 Å².